The number of para-hydroxylation sites is 1. The lowest BCUT2D eigenvalue weighted by Gasteiger charge is -2.39. The molecule has 7 nitrogen and oxygen atoms in total. The molecule has 0 unspecified atom stereocenters. The summed E-state index contributed by atoms with van der Waals surface area (Å²) < 4.78 is 22.2. The van der Waals surface area contributed by atoms with Crippen LogP contribution in [-0.2, 0) is 6.54 Å². The molecule has 0 atom stereocenters. The molecule has 3 aromatic rings. The number of nitrogens with zero attached hydrogens (tertiary/aromatic N) is 2. The molecule has 196 valence electrons. The standard InChI is InChI=1S/C30H36N2O5/c1-21-9-8-10-24(19-21)32(30(33)25-11-6-7-12-26(25)34-2)23-15-17-31(18-16-23)20-22-13-14-27(35-3)29(37-5)28(22)36-4/h6-14,19,23H,15-18,20H2,1-5H3. The average molecular weight is 505 g/mol. The summed E-state index contributed by atoms with van der Waals surface area (Å²) >= 11 is 0. The molecule has 1 heterocycles. The first-order chi connectivity index (χ1) is 18.0. The summed E-state index contributed by atoms with van der Waals surface area (Å²) in [6, 6.07) is 19.6. The summed E-state index contributed by atoms with van der Waals surface area (Å²) in [6.07, 6.45) is 1.70. The quantitative estimate of drug-likeness (QED) is 0.392. The Balaban J connectivity index is 1.55. The Morgan fingerprint density at radius 1 is 0.838 bits per heavy atom. The maximum absolute atomic E-state index is 13.9. The second kappa shape index (κ2) is 12.0. The highest BCUT2D eigenvalue weighted by Crippen LogP contribution is 2.40. The van der Waals surface area contributed by atoms with Crippen molar-refractivity contribution in [3.63, 3.8) is 0 Å². The molecular weight excluding hydrogens is 468 g/mol. The predicted octanol–water partition coefficient (Wildman–Crippen LogP) is 5.34. The van der Waals surface area contributed by atoms with E-state index in [0.717, 1.165) is 49.3 Å². The van der Waals surface area contributed by atoms with E-state index < -0.39 is 0 Å². The van der Waals surface area contributed by atoms with Crippen LogP contribution in [-0.4, -0.2) is 58.4 Å². The van der Waals surface area contributed by atoms with E-state index >= 15 is 0 Å². The molecule has 1 fully saturated rings. The van der Waals surface area contributed by atoms with Crippen LogP contribution in [0, 0.1) is 6.92 Å². The maximum atomic E-state index is 13.9. The van der Waals surface area contributed by atoms with Crippen LogP contribution in [0.1, 0.15) is 34.3 Å². The number of rotatable bonds is 9. The van der Waals surface area contributed by atoms with Gasteiger partial charge in [0.05, 0.1) is 34.0 Å². The van der Waals surface area contributed by atoms with Crippen molar-refractivity contribution in [1.82, 2.24) is 4.90 Å². The second-order valence-electron chi connectivity index (χ2n) is 9.22. The first kappa shape index (κ1) is 26.4. The van der Waals surface area contributed by atoms with E-state index in [1.54, 1.807) is 28.4 Å². The van der Waals surface area contributed by atoms with Gasteiger partial charge in [-0.1, -0.05) is 30.3 Å². The number of aryl methyl sites for hydroxylation is 1. The van der Waals surface area contributed by atoms with E-state index in [0.29, 0.717) is 28.6 Å². The molecule has 0 aliphatic carbocycles. The first-order valence-corrected chi connectivity index (χ1v) is 12.5. The molecule has 1 saturated heterocycles. The first-order valence-electron chi connectivity index (χ1n) is 12.5. The van der Waals surface area contributed by atoms with E-state index in [1.165, 1.54) is 0 Å². The van der Waals surface area contributed by atoms with Gasteiger partial charge in [0.15, 0.2) is 11.5 Å². The fourth-order valence-corrected chi connectivity index (χ4v) is 5.09. The van der Waals surface area contributed by atoms with Crippen LogP contribution in [0.5, 0.6) is 23.0 Å². The minimum absolute atomic E-state index is 0.0388. The highest BCUT2D eigenvalue weighted by molar-refractivity contribution is 6.08. The average Bonchev–Trinajstić information content (AvgIpc) is 2.93. The Labute approximate surface area is 219 Å². The van der Waals surface area contributed by atoms with Crippen molar-refractivity contribution in [3.05, 3.63) is 77.4 Å². The van der Waals surface area contributed by atoms with Gasteiger partial charge in [0, 0.05) is 36.9 Å². The number of anilines is 1. The number of methoxy groups -OCH3 is 4. The molecule has 1 amide bonds. The maximum Gasteiger partial charge on any atom is 0.262 e. The SMILES string of the molecule is COc1ccccc1C(=O)N(c1cccc(C)c1)C1CCN(Cc2ccc(OC)c(OC)c2OC)CC1. The van der Waals surface area contributed by atoms with Crippen LogP contribution in [0.4, 0.5) is 5.69 Å². The minimum atomic E-state index is -0.0388. The van der Waals surface area contributed by atoms with Crippen molar-refractivity contribution in [2.24, 2.45) is 0 Å². The van der Waals surface area contributed by atoms with E-state index in [2.05, 4.69) is 11.0 Å². The van der Waals surface area contributed by atoms with Crippen LogP contribution in [0.3, 0.4) is 0 Å². The Morgan fingerprint density at radius 3 is 2.19 bits per heavy atom. The van der Waals surface area contributed by atoms with E-state index in [1.807, 2.05) is 66.4 Å². The number of ether oxygens (including phenoxy) is 4. The summed E-state index contributed by atoms with van der Waals surface area (Å²) in [5, 5.41) is 0. The number of hydrogen-bond acceptors (Lipinski definition) is 6. The Kier molecular flexibility index (Phi) is 8.56. The molecule has 0 aromatic heterocycles. The van der Waals surface area contributed by atoms with Crippen LogP contribution in [0.25, 0.3) is 0 Å². The normalized spacial score (nSPS) is 14.2. The third-order valence-electron chi connectivity index (χ3n) is 6.94. The smallest absolute Gasteiger partial charge is 0.262 e. The van der Waals surface area contributed by atoms with Gasteiger partial charge in [-0.3, -0.25) is 9.69 Å². The van der Waals surface area contributed by atoms with Crippen molar-refractivity contribution in [1.29, 1.82) is 0 Å². The topological polar surface area (TPSA) is 60.5 Å². The van der Waals surface area contributed by atoms with Crippen molar-refractivity contribution in [2.45, 2.75) is 32.4 Å². The van der Waals surface area contributed by atoms with E-state index in [9.17, 15) is 4.79 Å². The monoisotopic (exact) mass is 504 g/mol. The second-order valence-corrected chi connectivity index (χ2v) is 9.22. The lowest BCUT2D eigenvalue weighted by Crippen LogP contribution is -2.47. The van der Waals surface area contributed by atoms with E-state index in [4.69, 9.17) is 18.9 Å². The summed E-state index contributed by atoms with van der Waals surface area (Å²) in [6.45, 7) is 4.48. The lowest BCUT2D eigenvalue weighted by molar-refractivity contribution is 0.0955. The molecule has 7 heteroatoms. The van der Waals surface area contributed by atoms with Gasteiger partial charge in [0.2, 0.25) is 5.75 Å². The van der Waals surface area contributed by atoms with Gasteiger partial charge in [0.1, 0.15) is 5.75 Å². The highest BCUT2D eigenvalue weighted by Gasteiger charge is 2.31. The summed E-state index contributed by atoms with van der Waals surface area (Å²) in [5.41, 5.74) is 3.65. The molecule has 3 aromatic carbocycles. The largest absolute Gasteiger partial charge is 0.496 e. The number of piperidine rings is 1. The molecule has 0 radical (unpaired) electrons. The Bertz CT molecular complexity index is 1220. The number of amides is 1. The summed E-state index contributed by atoms with van der Waals surface area (Å²) in [7, 11) is 6.49. The van der Waals surface area contributed by atoms with Gasteiger partial charge in [-0.05, 0) is 55.7 Å². The number of hydrogen-bond donors (Lipinski definition) is 0. The van der Waals surface area contributed by atoms with Crippen molar-refractivity contribution in [2.75, 3.05) is 46.4 Å². The van der Waals surface area contributed by atoms with Gasteiger partial charge in [-0.15, -0.1) is 0 Å². The van der Waals surface area contributed by atoms with Gasteiger partial charge < -0.3 is 23.8 Å². The Morgan fingerprint density at radius 2 is 1.54 bits per heavy atom. The summed E-state index contributed by atoms with van der Waals surface area (Å²) in [4.78, 5) is 18.3. The third kappa shape index (κ3) is 5.67. The van der Waals surface area contributed by atoms with Crippen LogP contribution >= 0.6 is 0 Å². The number of likely N-dealkylation sites (tertiary alicyclic amines) is 1. The fourth-order valence-electron chi connectivity index (χ4n) is 5.09. The van der Waals surface area contributed by atoms with Crippen molar-refractivity contribution >= 4 is 11.6 Å². The zero-order valence-corrected chi connectivity index (χ0v) is 22.3. The van der Waals surface area contributed by atoms with E-state index in [-0.39, 0.29) is 11.9 Å². The molecule has 0 bridgehead atoms. The Hall–Kier alpha value is -3.71. The number of benzene rings is 3. The molecule has 0 saturated carbocycles. The summed E-state index contributed by atoms with van der Waals surface area (Å²) in [5.74, 6) is 2.48. The lowest BCUT2D eigenvalue weighted by atomic mass is 9.99. The van der Waals surface area contributed by atoms with Crippen LogP contribution in [0.2, 0.25) is 0 Å². The zero-order valence-electron chi connectivity index (χ0n) is 22.3. The molecule has 4 rings (SSSR count). The van der Waals surface area contributed by atoms with Crippen LogP contribution in [0.15, 0.2) is 60.7 Å². The number of carbonyl (C=O) groups excluding carboxylic acids is 1. The van der Waals surface area contributed by atoms with Crippen LogP contribution < -0.4 is 23.8 Å². The minimum Gasteiger partial charge on any atom is -0.496 e. The molecule has 0 N–H and O–H groups in total. The molecule has 1 aliphatic heterocycles. The van der Waals surface area contributed by atoms with Gasteiger partial charge in [0.25, 0.3) is 5.91 Å². The van der Waals surface area contributed by atoms with Crippen molar-refractivity contribution < 1.29 is 23.7 Å². The molecule has 37 heavy (non-hydrogen) atoms. The van der Waals surface area contributed by atoms with Crippen molar-refractivity contribution in [3.8, 4) is 23.0 Å². The molecular formula is C30H36N2O5. The van der Waals surface area contributed by atoms with Gasteiger partial charge >= 0.3 is 0 Å². The third-order valence-corrected chi connectivity index (χ3v) is 6.94. The number of carbonyl (C=O) groups is 1. The van der Waals surface area contributed by atoms with Gasteiger partial charge in [-0.2, -0.15) is 0 Å². The predicted molar refractivity (Wildman–Crippen MR) is 145 cm³/mol. The van der Waals surface area contributed by atoms with Gasteiger partial charge in [-0.25, -0.2) is 0 Å². The zero-order chi connectivity index (χ0) is 26.4. The highest BCUT2D eigenvalue weighted by atomic mass is 16.5. The molecule has 0 spiro atoms. The fraction of sp³-hybridized carbons (Fsp3) is 0.367. The molecule has 1 aliphatic rings.